The van der Waals surface area contributed by atoms with E-state index in [1.54, 1.807) is 6.07 Å². The average molecular weight is 563 g/mol. The number of nitrogens with one attached hydrogen (secondary N) is 1. The molecule has 6 nitrogen and oxygen atoms in total. The summed E-state index contributed by atoms with van der Waals surface area (Å²) in [5.74, 6) is 0.798. The fourth-order valence-electron chi connectivity index (χ4n) is 4.22. The lowest BCUT2D eigenvalue weighted by atomic mass is 10.1. The first-order valence-corrected chi connectivity index (χ1v) is 11.9. The SMILES string of the molecule is CCNC(=NCCCN(C)c1ccccc1F)N1CCC(OCC2CCCCO2)CC1.I. The van der Waals surface area contributed by atoms with E-state index >= 15 is 0 Å². The third-order valence-electron chi connectivity index (χ3n) is 6.05. The van der Waals surface area contributed by atoms with Crippen molar-refractivity contribution in [2.75, 3.05) is 57.9 Å². The van der Waals surface area contributed by atoms with Crippen LogP contribution >= 0.6 is 24.0 Å². The number of ether oxygens (including phenoxy) is 2. The molecule has 1 N–H and O–H groups in total. The molecule has 32 heavy (non-hydrogen) atoms. The fraction of sp³-hybridized carbons (Fsp3) is 0.708. The molecule has 0 bridgehead atoms. The van der Waals surface area contributed by atoms with Crippen LogP contribution in [0.4, 0.5) is 10.1 Å². The normalized spacial score (nSPS) is 20.0. The van der Waals surface area contributed by atoms with E-state index in [1.165, 1.54) is 18.9 Å². The molecule has 2 saturated heterocycles. The van der Waals surface area contributed by atoms with Gasteiger partial charge in [-0.3, -0.25) is 4.99 Å². The highest BCUT2D eigenvalue weighted by Crippen LogP contribution is 2.19. The Bertz CT molecular complexity index is 680. The van der Waals surface area contributed by atoms with Gasteiger partial charge in [0.1, 0.15) is 5.82 Å². The Morgan fingerprint density at radius 3 is 2.72 bits per heavy atom. The molecule has 2 aliphatic heterocycles. The lowest BCUT2D eigenvalue weighted by Crippen LogP contribution is -2.47. The van der Waals surface area contributed by atoms with Crippen molar-refractivity contribution in [2.45, 2.75) is 57.7 Å². The number of aliphatic imine (C=N–C) groups is 1. The van der Waals surface area contributed by atoms with Gasteiger partial charge in [0.05, 0.1) is 24.5 Å². The number of benzene rings is 1. The number of hydrogen-bond acceptors (Lipinski definition) is 4. The Kier molecular flexibility index (Phi) is 12.6. The summed E-state index contributed by atoms with van der Waals surface area (Å²) in [4.78, 5) is 9.11. The maximum Gasteiger partial charge on any atom is 0.193 e. The summed E-state index contributed by atoms with van der Waals surface area (Å²) in [6.45, 7) is 7.96. The smallest absolute Gasteiger partial charge is 0.193 e. The van der Waals surface area contributed by atoms with Gasteiger partial charge in [-0.1, -0.05) is 12.1 Å². The van der Waals surface area contributed by atoms with Crippen LogP contribution < -0.4 is 10.2 Å². The van der Waals surface area contributed by atoms with E-state index in [1.807, 2.05) is 24.1 Å². The molecule has 0 radical (unpaired) electrons. The molecule has 0 saturated carbocycles. The largest absolute Gasteiger partial charge is 0.376 e. The molecule has 1 unspecified atom stereocenters. The van der Waals surface area contributed by atoms with Gasteiger partial charge in [-0.05, 0) is 57.6 Å². The Labute approximate surface area is 209 Å². The number of likely N-dealkylation sites (tertiary alicyclic amines) is 1. The molecule has 8 heteroatoms. The Morgan fingerprint density at radius 2 is 2.03 bits per heavy atom. The van der Waals surface area contributed by atoms with Crippen molar-refractivity contribution >= 4 is 35.6 Å². The molecule has 0 aliphatic carbocycles. The second-order valence-electron chi connectivity index (χ2n) is 8.47. The van der Waals surface area contributed by atoms with Crippen molar-refractivity contribution in [3.63, 3.8) is 0 Å². The predicted octanol–water partition coefficient (Wildman–Crippen LogP) is 4.29. The Morgan fingerprint density at radius 1 is 1.25 bits per heavy atom. The summed E-state index contributed by atoms with van der Waals surface area (Å²) in [7, 11) is 1.93. The van der Waals surface area contributed by atoms with Crippen LogP contribution in [0.15, 0.2) is 29.3 Å². The number of hydrogen-bond donors (Lipinski definition) is 1. The van der Waals surface area contributed by atoms with Gasteiger partial charge in [-0.2, -0.15) is 0 Å². The van der Waals surface area contributed by atoms with Crippen LogP contribution in [0.2, 0.25) is 0 Å². The quantitative estimate of drug-likeness (QED) is 0.211. The number of guanidine groups is 1. The lowest BCUT2D eigenvalue weighted by molar-refractivity contribution is -0.0721. The molecule has 2 aliphatic rings. The number of nitrogens with zero attached hydrogens (tertiary/aromatic N) is 3. The van der Waals surface area contributed by atoms with Crippen LogP contribution in [0.1, 0.15) is 45.4 Å². The van der Waals surface area contributed by atoms with E-state index in [9.17, 15) is 4.39 Å². The highest BCUT2D eigenvalue weighted by Gasteiger charge is 2.23. The van der Waals surface area contributed by atoms with Crippen molar-refractivity contribution in [1.29, 1.82) is 0 Å². The fourth-order valence-corrected chi connectivity index (χ4v) is 4.22. The molecule has 3 rings (SSSR count). The van der Waals surface area contributed by atoms with Gasteiger partial charge in [0.25, 0.3) is 0 Å². The Balaban J connectivity index is 0.00000363. The van der Waals surface area contributed by atoms with Crippen molar-refractivity contribution in [3.8, 4) is 0 Å². The molecule has 1 aromatic carbocycles. The van der Waals surface area contributed by atoms with Gasteiger partial charge in [0.15, 0.2) is 5.96 Å². The summed E-state index contributed by atoms with van der Waals surface area (Å²) < 4.78 is 25.8. The number of anilines is 1. The highest BCUT2D eigenvalue weighted by atomic mass is 127. The van der Waals surface area contributed by atoms with E-state index in [-0.39, 0.29) is 35.9 Å². The summed E-state index contributed by atoms with van der Waals surface area (Å²) in [6, 6.07) is 6.90. The topological polar surface area (TPSA) is 49.3 Å². The highest BCUT2D eigenvalue weighted by molar-refractivity contribution is 14.0. The molecule has 1 aromatic rings. The third-order valence-corrected chi connectivity index (χ3v) is 6.05. The van der Waals surface area contributed by atoms with Gasteiger partial charge in [0, 0.05) is 46.4 Å². The molecular formula is C24H40FIN4O2. The monoisotopic (exact) mass is 562 g/mol. The number of halogens is 2. The van der Waals surface area contributed by atoms with E-state index in [2.05, 4.69) is 17.1 Å². The number of piperidine rings is 1. The average Bonchev–Trinajstić information content (AvgIpc) is 2.81. The molecule has 2 heterocycles. The molecular weight excluding hydrogens is 522 g/mol. The van der Waals surface area contributed by atoms with Crippen LogP contribution in [-0.2, 0) is 9.47 Å². The first-order chi connectivity index (χ1) is 15.2. The molecule has 182 valence electrons. The lowest BCUT2D eigenvalue weighted by Gasteiger charge is -2.35. The van der Waals surface area contributed by atoms with Crippen molar-refractivity contribution in [3.05, 3.63) is 30.1 Å². The molecule has 1 atom stereocenters. The van der Waals surface area contributed by atoms with Crippen LogP contribution in [0, 0.1) is 5.82 Å². The molecule has 0 amide bonds. The minimum absolute atomic E-state index is 0. The summed E-state index contributed by atoms with van der Waals surface area (Å²) in [5.41, 5.74) is 0.638. The van der Waals surface area contributed by atoms with Crippen molar-refractivity contribution in [1.82, 2.24) is 10.2 Å². The Hall–Kier alpha value is -1.13. The standard InChI is InChI=1S/C24H39FN4O2.HI/c1-3-26-24(27-14-8-15-28(2)23-11-5-4-10-22(23)25)29-16-12-20(13-17-29)31-19-21-9-6-7-18-30-21;/h4-5,10-11,20-21H,3,6-9,12-19H2,1-2H3,(H,26,27);1H. The van der Waals surface area contributed by atoms with E-state index in [4.69, 9.17) is 14.5 Å². The minimum Gasteiger partial charge on any atom is -0.376 e. The van der Waals surface area contributed by atoms with E-state index < -0.39 is 0 Å². The van der Waals surface area contributed by atoms with Gasteiger partial charge < -0.3 is 24.6 Å². The van der Waals surface area contributed by atoms with Gasteiger partial charge >= 0.3 is 0 Å². The zero-order valence-corrected chi connectivity index (χ0v) is 21.9. The summed E-state index contributed by atoms with van der Waals surface area (Å²) in [6.07, 6.45) is 7.09. The second kappa shape index (κ2) is 14.9. The maximum absolute atomic E-state index is 13.9. The summed E-state index contributed by atoms with van der Waals surface area (Å²) in [5, 5.41) is 3.42. The molecule has 2 fully saturated rings. The zero-order valence-electron chi connectivity index (χ0n) is 19.6. The molecule has 0 aromatic heterocycles. The third kappa shape index (κ3) is 8.67. The van der Waals surface area contributed by atoms with Gasteiger partial charge in [0.2, 0.25) is 0 Å². The van der Waals surface area contributed by atoms with Gasteiger partial charge in [-0.25, -0.2) is 4.39 Å². The van der Waals surface area contributed by atoms with Crippen molar-refractivity contribution in [2.24, 2.45) is 4.99 Å². The number of rotatable bonds is 9. The van der Waals surface area contributed by atoms with Crippen LogP contribution in [-0.4, -0.2) is 76.1 Å². The maximum atomic E-state index is 13.9. The van der Waals surface area contributed by atoms with Crippen LogP contribution in [0.5, 0.6) is 0 Å². The predicted molar refractivity (Wildman–Crippen MR) is 140 cm³/mol. The molecule has 0 spiro atoms. The number of para-hydroxylation sites is 1. The second-order valence-corrected chi connectivity index (χ2v) is 8.47. The van der Waals surface area contributed by atoms with E-state index in [0.29, 0.717) is 11.8 Å². The van der Waals surface area contributed by atoms with E-state index in [0.717, 1.165) is 77.6 Å². The van der Waals surface area contributed by atoms with Crippen molar-refractivity contribution < 1.29 is 13.9 Å². The van der Waals surface area contributed by atoms with Crippen LogP contribution in [0.3, 0.4) is 0 Å². The van der Waals surface area contributed by atoms with Crippen LogP contribution in [0.25, 0.3) is 0 Å². The first-order valence-electron chi connectivity index (χ1n) is 11.9. The summed E-state index contributed by atoms with van der Waals surface area (Å²) >= 11 is 0. The first kappa shape index (κ1) is 27.1. The zero-order chi connectivity index (χ0) is 21.9. The minimum atomic E-state index is -0.179. The van der Waals surface area contributed by atoms with Gasteiger partial charge in [-0.15, -0.1) is 24.0 Å².